The minimum absolute atomic E-state index is 0.0786. The first-order valence-electron chi connectivity index (χ1n) is 9.06. The van der Waals surface area contributed by atoms with Crippen LogP contribution in [0.2, 0.25) is 0 Å². The van der Waals surface area contributed by atoms with Gasteiger partial charge < -0.3 is 4.90 Å². The molecule has 0 atom stereocenters. The van der Waals surface area contributed by atoms with Gasteiger partial charge in [-0.25, -0.2) is 9.69 Å². The molecule has 0 unspecified atom stereocenters. The Balaban J connectivity index is 1.93. The van der Waals surface area contributed by atoms with E-state index in [0.717, 1.165) is 16.2 Å². The second-order valence-corrected chi connectivity index (χ2v) is 7.19. The fraction of sp³-hybridized carbons (Fsp3) is 0.227. The molecule has 4 amide bonds. The molecule has 1 aliphatic heterocycles. The van der Waals surface area contributed by atoms with Crippen LogP contribution in [0.25, 0.3) is 6.08 Å². The van der Waals surface area contributed by atoms with Crippen LogP contribution in [-0.4, -0.2) is 31.9 Å². The summed E-state index contributed by atoms with van der Waals surface area (Å²) in [5.74, 6) is -0.994. The molecule has 6 heteroatoms. The second kappa shape index (κ2) is 7.68. The first-order valence-corrected chi connectivity index (χ1v) is 9.06. The number of hydrogen-bond acceptors (Lipinski definition) is 4. The average Bonchev–Trinajstić information content (AvgIpc) is 2.65. The maximum absolute atomic E-state index is 12.9. The fourth-order valence-electron chi connectivity index (χ4n) is 2.94. The van der Waals surface area contributed by atoms with Gasteiger partial charge in [-0.1, -0.05) is 38.1 Å². The summed E-state index contributed by atoms with van der Waals surface area (Å²) in [6, 6.07) is 13.9. The van der Waals surface area contributed by atoms with E-state index >= 15 is 0 Å². The van der Waals surface area contributed by atoms with Gasteiger partial charge in [0.25, 0.3) is 11.8 Å². The van der Waals surface area contributed by atoms with Crippen molar-refractivity contribution in [2.45, 2.75) is 19.8 Å². The molecule has 2 aromatic rings. The largest absolute Gasteiger partial charge is 0.378 e. The van der Waals surface area contributed by atoms with Gasteiger partial charge in [-0.15, -0.1) is 0 Å². The Morgan fingerprint density at radius 2 is 1.54 bits per heavy atom. The van der Waals surface area contributed by atoms with Gasteiger partial charge in [0.2, 0.25) is 0 Å². The molecule has 1 saturated heterocycles. The number of anilines is 2. The van der Waals surface area contributed by atoms with Gasteiger partial charge >= 0.3 is 6.03 Å². The van der Waals surface area contributed by atoms with Crippen LogP contribution < -0.4 is 15.1 Å². The lowest BCUT2D eigenvalue weighted by atomic mass is 10.0. The van der Waals surface area contributed by atoms with Gasteiger partial charge in [-0.05, 0) is 47.4 Å². The van der Waals surface area contributed by atoms with Crippen LogP contribution in [0.3, 0.4) is 0 Å². The Bertz CT molecular complexity index is 942. The molecular weight excluding hydrogens is 354 g/mol. The third kappa shape index (κ3) is 3.81. The SMILES string of the molecule is CC(C)c1ccc(N2C(=O)NC(=O)/C(=C/c3ccc(N(C)C)cc3)C2=O)cc1. The number of hydrogen-bond donors (Lipinski definition) is 1. The van der Waals surface area contributed by atoms with Crippen LogP contribution in [0, 0.1) is 0 Å². The van der Waals surface area contributed by atoms with Crippen molar-refractivity contribution in [3.05, 3.63) is 65.2 Å². The van der Waals surface area contributed by atoms with Crippen molar-refractivity contribution in [1.29, 1.82) is 0 Å². The van der Waals surface area contributed by atoms with E-state index in [0.29, 0.717) is 17.2 Å². The van der Waals surface area contributed by atoms with Crippen LogP contribution >= 0.6 is 0 Å². The van der Waals surface area contributed by atoms with E-state index in [1.54, 1.807) is 12.1 Å². The zero-order valence-corrected chi connectivity index (χ0v) is 16.4. The summed E-state index contributed by atoms with van der Waals surface area (Å²) in [4.78, 5) is 40.4. The van der Waals surface area contributed by atoms with Crippen LogP contribution in [-0.2, 0) is 9.59 Å². The smallest absolute Gasteiger partial charge is 0.335 e. The van der Waals surface area contributed by atoms with Crippen molar-refractivity contribution >= 4 is 35.3 Å². The summed E-state index contributed by atoms with van der Waals surface area (Å²) >= 11 is 0. The Morgan fingerprint density at radius 1 is 0.929 bits per heavy atom. The minimum atomic E-state index is -0.743. The van der Waals surface area contributed by atoms with Crippen LogP contribution in [0.1, 0.15) is 30.9 Å². The summed E-state index contributed by atoms with van der Waals surface area (Å²) in [7, 11) is 3.86. The fourth-order valence-corrected chi connectivity index (χ4v) is 2.94. The molecule has 0 saturated carbocycles. The van der Waals surface area contributed by atoms with E-state index in [1.165, 1.54) is 6.08 Å². The topological polar surface area (TPSA) is 69.7 Å². The molecule has 144 valence electrons. The van der Waals surface area contributed by atoms with Crippen LogP contribution in [0.4, 0.5) is 16.2 Å². The predicted octanol–water partition coefficient (Wildman–Crippen LogP) is 3.54. The van der Waals surface area contributed by atoms with Crippen LogP contribution in [0.5, 0.6) is 0 Å². The predicted molar refractivity (Wildman–Crippen MR) is 110 cm³/mol. The van der Waals surface area contributed by atoms with E-state index in [9.17, 15) is 14.4 Å². The summed E-state index contributed by atoms with van der Waals surface area (Å²) < 4.78 is 0. The molecule has 6 nitrogen and oxygen atoms in total. The molecule has 1 heterocycles. The number of nitrogens with one attached hydrogen (secondary N) is 1. The quantitative estimate of drug-likeness (QED) is 0.654. The number of amides is 4. The van der Waals surface area contributed by atoms with Crippen molar-refractivity contribution in [3.8, 4) is 0 Å². The maximum Gasteiger partial charge on any atom is 0.335 e. The third-order valence-electron chi connectivity index (χ3n) is 4.64. The van der Waals surface area contributed by atoms with E-state index in [1.807, 2.05) is 55.4 Å². The summed E-state index contributed by atoms with van der Waals surface area (Å²) in [5.41, 5.74) is 3.15. The van der Waals surface area contributed by atoms with Gasteiger partial charge in [0.15, 0.2) is 0 Å². The highest BCUT2D eigenvalue weighted by molar-refractivity contribution is 6.39. The van der Waals surface area contributed by atoms with Crippen molar-refractivity contribution < 1.29 is 14.4 Å². The van der Waals surface area contributed by atoms with Crippen molar-refractivity contribution in [2.24, 2.45) is 0 Å². The number of urea groups is 1. The molecule has 0 aliphatic carbocycles. The standard InChI is InChI=1S/C22H23N3O3/c1-14(2)16-7-11-18(12-8-16)25-21(27)19(20(26)23-22(25)28)13-15-5-9-17(10-6-15)24(3)4/h5-14H,1-4H3,(H,23,26,28)/b19-13-. The molecule has 3 rings (SSSR count). The highest BCUT2D eigenvalue weighted by atomic mass is 16.2. The summed E-state index contributed by atoms with van der Waals surface area (Å²) in [6.07, 6.45) is 1.50. The zero-order valence-electron chi connectivity index (χ0n) is 16.4. The average molecular weight is 377 g/mol. The van der Waals surface area contributed by atoms with Gasteiger partial charge in [-0.2, -0.15) is 0 Å². The Labute approximate surface area is 164 Å². The number of benzene rings is 2. The zero-order chi connectivity index (χ0) is 20.4. The van der Waals surface area contributed by atoms with Gasteiger partial charge in [0.1, 0.15) is 5.57 Å². The summed E-state index contributed by atoms with van der Waals surface area (Å²) in [5, 5.41) is 2.25. The highest BCUT2D eigenvalue weighted by Crippen LogP contribution is 2.24. The van der Waals surface area contributed by atoms with Crippen molar-refractivity contribution in [3.63, 3.8) is 0 Å². The van der Waals surface area contributed by atoms with Gasteiger partial charge in [-0.3, -0.25) is 14.9 Å². The molecule has 1 aliphatic rings. The first-order chi connectivity index (χ1) is 13.3. The molecule has 0 bridgehead atoms. The van der Waals surface area contributed by atoms with E-state index in [2.05, 4.69) is 19.2 Å². The Morgan fingerprint density at radius 3 is 2.07 bits per heavy atom. The monoisotopic (exact) mass is 377 g/mol. The van der Waals surface area contributed by atoms with Crippen molar-refractivity contribution in [1.82, 2.24) is 5.32 Å². The van der Waals surface area contributed by atoms with E-state index in [-0.39, 0.29) is 5.57 Å². The van der Waals surface area contributed by atoms with Gasteiger partial charge in [0, 0.05) is 19.8 Å². The number of nitrogens with zero attached hydrogens (tertiary/aromatic N) is 2. The minimum Gasteiger partial charge on any atom is -0.378 e. The van der Waals surface area contributed by atoms with E-state index in [4.69, 9.17) is 0 Å². The number of rotatable bonds is 4. The molecule has 0 radical (unpaired) electrons. The lowest BCUT2D eigenvalue weighted by Crippen LogP contribution is -2.54. The van der Waals surface area contributed by atoms with Crippen molar-refractivity contribution in [2.75, 3.05) is 23.9 Å². The number of carbonyl (C=O) groups excluding carboxylic acids is 3. The molecule has 2 aromatic carbocycles. The summed E-state index contributed by atoms with van der Waals surface area (Å²) in [6.45, 7) is 4.13. The van der Waals surface area contributed by atoms with Gasteiger partial charge in [0.05, 0.1) is 5.69 Å². The second-order valence-electron chi connectivity index (χ2n) is 7.19. The van der Waals surface area contributed by atoms with E-state index < -0.39 is 17.8 Å². The molecule has 28 heavy (non-hydrogen) atoms. The molecule has 1 fully saturated rings. The number of barbiturate groups is 1. The molecular formula is C22H23N3O3. The molecule has 1 N–H and O–H groups in total. The Hall–Kier alpha value is -3.41. The number of carbonyl (C=O) groups is 3. The number of imide groups is 2. The molecule has 0 spiro atoms. The first kappa shape index (κ1) is 19.4. The third-order valence-corrected chi connectivity index (χ3v) is 4.64. The Kier molecular flexibility index (Phi) is 5.31. The normalized spacial score (nSPS) is 16.0. The lowest BCUT2D eigenvalue weighted by Gasteiger charge is -2.26. The van der Waals surface area contributed by atoms with Crippen LogP contribution in [0.15, 0.2) is 54.1 Å². The maximum atomic E-state index is 12.9. The molecule has 0 aromatic heterocycles. The lowest BCUT2D eigenvalue weighted by molar-refractivity contribution is -0.122. The highest BCUT2D eigenvalue weighted by Gasteiger charge is 2.36.